The fraction of sp³-hybridized carbons (Fsp3) is 0.160. The Bertz CT molecular complexity index is 1220. The van der Waals surface area contributed by atoms with Gasteiger partial charge in [0, 0.05) is 18.1 Å². The number of carbonyl (C=O) groups is 1. The molecule has 4 nitrogen and oxygen atoms in total. The van der Waals surface area contributed by atoms with Gasteiger partial charge < -0.3 is 9.47 Å². The number of hydrogen-bond acceptors (Lipinski definition) is 4. The van der Waals surface area contributed by atoms with Gasteiger partial charge in [-0.2, -0.15) is 0 Å². The minimum atomic E-state index is -0.261. The van der Waals surface area contributed by atoms with Gasteiger partial charge in [-0.3, -0.25) is 9.69 Å². The van der Waals surface area contributed by atoms with Crippen molar-refractivity contribution in [1.29, 1.82) is 0 Å². The summed E-state index contributed by atoms with van der Waals surface area (Å²) < 4.78 is 25.2. The molecule has 0 N–H and O–H groups in total. The number of rotatable bonds is 3. The Labute approximate surface area is 184 Å². The van der Waals surface area contributed by atoms with E-state index in [0.29, 0.717) is 36.2 Å². The fourth-order valence-corrected chi connectivity index (χ4v) is 4.17. The van der Waals surface area contributed by atoms with Gasteiger partial charge in [-0.05, 0) is 60.0 Å². The minimum absolute atomic E-state index is 0.147. The van der Waals surface area contributed by atoms with Crippen LogP contribution in [0.5, 0.6) is 11.5 Å². The summed E-state index contributed by atoms with van der Waals surface area (Å²) >= 11 is 6.07. The third kappa shape index (κ3) is 3.82. The van der Waals surface area contributed by atoms with Gasteiger partial charge in [0.25, 0.3) is 0 Å². The molecule has 0 radical (unpaired) electrons. The first-order valence-corrected chi connectivity index (χ1v) is 10.3. The second kappa shape index (κ2) is 7.84. The summed E-state index contributed by atoms with van der Waals surface area (Å²) in [4.78, 5) is 15.2. The largest absolute Gasteiger partial charge is 0.478 e. The predicted molar refractivity (Wildman–Crippen MR) is 117 cm³/mol. The quantitative estimate of drug-likeness (QED) is 0.490. The van der Waals surface area contributed by atoms with E-state index < -0.39 is 0 Å². The zero-order chi connectivity index (χ0) is 21.5. The van der Waals surface area contributed by atoms with Gasteiger partial charge in [-0.15, -0.1) is 0 Å². The zero-order valence-corrected chi connectivity index (χ0v) is 17.6. The van der Waals surface area contributed by atoms with E-state index in [-0.39, 0.29) is 17.4 Å². The van der Waals surface area contributed by atoms with E-state index in [9.17, 15) is 9.18 Å². The van der Waals surface area contributed by atoms with Gasteiger partial charge in [-0.1, -0.05) is 35.9 Å². The lowest BCUT2D eigenvalue weighted by molar-refractivity contribution is 0.0872. The van der Waals surface area contributed by atoms with Crippen LogP contribution < -0.4 is 9.47 Å². The number of halogens is 2. The average molecular weight is 436 g/mol. The average Bonchev–Trinajstić information content (AvgIpc) is 3.07. The van der Waals surface area contributed by atoms with Crippen LogP contribution in [0.25, 0.3) is 6.08 Å². The van der Waals surface area contributed by atoms with Crippen LogP contribution in [0, 0.1) is 12.7 Å². The van der Waals surface area contributed by atoms with Gasteiger partial charge in [0.2, 0.25) is 5.78 Å². The maximum Gasteiger partial charge on any atom is 0.232 e. The number of Topliss-reactive ketones (excluding diaryl/α,β-unsaturated/α-hetero) is 1. The highest BCUT2D eigenvalue weighted by molar-refractivity contribution is 6.30. The van der Waals surface area contributed by atoms with E-state index in [1.165, 1.54) is 12.1 Å². The summed E-state index contributed by atoms with van der Waals surface area (Å²) in [6.45, 7) is 3.45. The van der Waals surface area contributed by atoms with Gasteiger partial charge in [0.15, 0.2) is 5.76 Å². The minimum Gasteiger partial charge on any atom is -0.478 e. The first kappa shape index (κ1) is 19.8. The second-order valence-corrected chi connectivity index (χ2v) is 8.19. The Kier molecular flexibility index (Phi) is 5.00. The van der Waals surface area contributed by atoms with E-state index in [2.05, 4.69) is 4.90 Å². The summed E-state index contributed by atoms with van der Waals surface area (Å²) in [5.41, 5.74) is 4.01. The number of hydrogen-bond donors (Lipinski definition) is 0. The Morgan fingerprint density at radius 1 is 1.16 bits per heavy atom. The molecule has 2 aliphatic rings. The molecule has 3 aromatic carbocycles. The summed E-state index contributed by atoms with van der Waals surface area (Å²) in [5, 5.41) is 0.593. The normalized spacial score (nSPS) is 16.6. The molecule has 0 bridgehead atoms. The van der Waals surface area contributed by atoms with Crippen molar-refractivity contribution in [2.24, 2.45) is 0 Å². The molecule has 0 atom stereocenters. The molecule has 6 heteroatoms. The summed E-state index contributed by atoms with van der Waals surface area (Å²) in [6, 6.07) is 15.6. The van der Waals surface area contributed by atoms with Crippen LogP contribution in [0.2, 0.25) is 5.02 Å². The molecule has 0 fully saturated rings. The van der Waals surface area contributed by atoms with Crippen molar-refractivity contribution in [3.8, 4) is 11.5 Å². The second-order valence-electron chi connectivity index (χ2n) is 7.76. The van der Waals surface area contributed by atoms with Crippen molar-refractivity contribution in [2.45, 2.75) is 20.0 Å². The summed E-state index contributed by atoms with van der Waals surface area (Å²) in [5.74, 6) is 1.14. The molecule has 5 rings (SSSR count). The lowest BCUT2D eigenvalue weighted by Crippen LogP contribution is -2.31. The number of carbonyl (C=O) groups excluding carboxylic acids is 1. The molecule has 0 saturated carbocycles. The highest BCUT2D eigenvalue weighted by Gasteiger charge is 2.35. The van der Waals surface area contributed by atoms with Gasteiger partial charge in [-0.25, -0.2) is 4.39 Å². The van der Waals surface area contributed by atoms with Crippen molar-refractivity contribution < 1.29 is 18.7 Å². The molecule has 2 aliphatic heterocycles. The maximum absolute atomic E-state index is 13.2. The molecule has 156 valence electrons. The molecule has 31 heavy (non-hydrogen) atoms. The van der Waals surface area contributed by atoms with E-state index in [1.54, 1.807) is 30.3 Å². The predicted octanol–water partition coefficient (Wildman–Crippen LogP) is 5.76. The number of nitrogens with zero attached hydrogens (tertiary/aromatic N) is 1. The fourth-order valence-electron chi connectivity index (χ4n) is 3.97. The maximum atomic E-state index is 13.2. The molecule has 0 aromatic heterocycles. The van der Waals surface area contributed by atoms with Crippen LogP contribution in [0.15, 0.2) is 60.4 Å². The molecular formula is C25H19ClFNO3. The molecule has 2 heterocycles. The van der Waals surface area contributed by atoms with Crippen molar-refractivity contribution >= 4 is 23.5 Å². The molecule has 0 spiro atoms. The van der Waals surface area contributed by atoms with Crippen molar-refractivity contribution in [2.75, 3.05) is 6.73 Å². The topological polar surface area (TPSA) is 38.8 Å². The number of ketones is 1. The highest BCUT2D eigenvalue weighted by atomic mass is 35.5. The highest BCUT2D eigenvalue weighted by Crippen LogP contribution is 2.44. The summed E-state index contributed by atoms with van der Waals surface area (Å²) in [7, 11) is 0. The lowest BCUT2D eigenvalue weighted by Gasteiger charge is -2.30. The third-order valence-electron chi connectivity index (χ3n) is 5.45. The SMILES string of the molecule is Cc1cc2c(c3c1C(=O)/C(=C/c1cccc(Cl)c1)O3)CN(Cc1ccc(F)cc1)CO2. The third-order valence-corrected chi connectivity index (χ3v) is 5.69. The van der Waals surface area contributed by atoms with E-state index in [4.69, 9.17) is 21.1 Å². The first-order valence-electron chi connectivity index (χ1n) is 9.94. The van der Waals surface area contributed by atoms with Gasteiger partial charge in [0.1, 0.15) is 24.0 Å². The van der Waals surface area contributed by atoms with Crippen LogP contribution in [-0.2, 0) is 13.1 Å². The Hall–Kier alpha value is -3.15. The van der Waals surface area contributed by atoms with Crippen molar-refractivity contribution in [3.05, 3.63) is 99.0 Å². The monoisotopic (exact) mass is 435 g/mol. The van der Waals surface area contributed by atoms with Crippen LogP contribution in [-0.4, -0.2) is 17.4 Å². The lowest BCUT2D eigenvalue weighted by atomic mass is 9.98. The molecular weight excluding hydrogens is 417 g/mol. The first-order chi connectivity index (χ1) is 15.0. The van der Waals surface area contributed by atoms with Gasteiger partial charge in [0.05, 0.1) is 11.1 Å². The number of aryl methyl sites for hydroxylation is 1. The molecule has 0 aliphatic carbocycles. The van der Waals surface area contributed by atoms with Crippen molar-refractivity contribution in [3.63, 3.8) is 0 Å². The van der Waals surface area contributed by atoms with E-state index in [0.717, 1.165) is 28.0 Å². The Morgan fingerprint density at radius 2 is 1.97 bits per heavy atom. The number of ether oxygens (including phenoxy) is 2. The molecule has 0 unspecified atom stereocenters. The smallest absolute Gasteiger partial charge is 0.232 e. The van der Waals surface area contributed by atoms with E-state index in [1.807, 2.05) is 25.1 Å². The molecule has 0 saturated heterocycles. The molecule has 0 amide bonds. The Balaban J connectivity index is 1.46. The Morgan fingerprint density at radius 3 is 2.74 bits per heavy atom. The number of allylic oxidation sites excluding steroid dienone is 1. The zero-order valence-electron chi connectivity index (χ0n) is 16.8. The van der Waals surface area contributed by atoms with E-state index >= 15 is 0 Å². The standard InChI is InChI=1S/C25H19ClFNO3/c1-15-9-21-20(13-28(14-30-21)12-16-5-7-19(27)8-6-16)25-23(15)24(29)22(31-25)11-17-3-2-4-18(26)10-17/h2-11H,12-14H2,1H3/b22-11-. The van der Waals surface area contributed by atoms with Crippen LogP contribution in [0.1, 0.15) is 32.6 Å². The number of benzene rings is 3. The van der Waals surface area contributed by atoms with Crippen molar-refractivity contribution in [1.82, 2.24) is 4.90 Å². The number of fused-ring (bicyclic) bond motifs is 3. The molecule has 3 aromatic rings. The van der Waals surface area contributed by atoms with Crippen LogP contribution >= 0.6 is 11.6 Å². The van der Waals surface area contributed by atoms with Gasteiger partial charge >= 0.3 is 0 Å². The summed E-state index contributed by atoms with van der Waals surface area (Å²) in [6.07, 6.45) is 1.71. The van der Waals surface area contributed by atoms with Crippen LogP contribution in [0.3, 0.4) is 0 Å². The van der Waals surface area contributed by atoms with Crippen LogP contribution in [0.4, 0.5) is 4.39 Å².